The summed E-state index contributed by atoms with van der Waals surface area (Å²) in [5.74, 6) is 0.0283. The molecule has 0 aliphatic carbocycles. The monoisotopic (exact) mass is 293 g/mol. The van der Waals surface area contributed by atoms with Crippen molar-refractivity contribution in [2.45, 2.75) is 5.54 Å². The summed E-state index contributed by atoms with van der Waals surface area (Å²) in [6.45, 7) is -0.949. The molecule has 110 valence electrons. The van der Waals surface area contributed by atoms with Gasteiger partial charge in [0, 0.05) is 10.6 Å². The maximum atomic E-state index is 13.6. The lowest BCUT2D eigenvalue weighted by molar-refractivity contribution is 0.0811. The van der Waals surface area contributed by atoms with Crippen molar-refractivity contribution >= 4 is 17.6 Å². The molecular weight excluding hydrogens is 281 g/mol. The second-order valence-corrected chi connectivity index (χ2v) is 4.39. The number of amides is 1. The first-order chi connectivity index (χ1) is 10.1. The first kappa shape index (κ1) is 14.8. The van der Waals surface area contributed by atoms with Gasteiger partial charge in [-0.3, -0.25) is 10.3 Å². The van der Waals surface area contributed by atoms with Crippen molar-refractivity contribution < 1.29 is 19.0 Å². The van der Waals surface area contributed by atoms with E-state index in [1.54, 1.807) is 18.2 Å². The van der Waals surface area contributed by atoms with Crippen molar-refractivity contribution in [3.63, 3.8) is 0 Å². The second-order valence-electron chi connectivity index (χ2n) is 4.39. The predicted molar refractivity (Wildman–Crippen MR) is 72.3 cm³/mol. The number of alkyl halides is 1. The topological polar surface area (TPSA) is 120 Å². The standard InChI is InChI=1S/C12H12FN5O3/c13-6-12(7-21-5-10(16-12)15-11(19)20)8-2-1-3-9(4-8)17-18-14/h1-4H,5-7H2,(H,15,16)(H,19,20). The first-order valence-corrected chi connectivity index (χ1v) is 5.98. The molecule has 2 rings (SSSR count). The van der Waals surface area contributed by atoms with E-state index in [0.717, 1.165) is 0 Å². The zero-order valence-corrected chi connectivity index (χ0v) is 10.9. The molecule has 0 radical (unpaired) electrons. The molecular formula is C12H12FN5O3. The van der Waals surface area contributed by atoms with E-state index in [1.165, 1.54) is 6.07 Å². The van der Waals surface area contributed by atoms with Crippen molar-refractivity contribution in [2.75, 3.05) is 19.9 Å². The van der Waals surface area contributed by atoms with E-state index in [2.05, 4.69) is 20.3 Å². The van der Waals surface area contributed by atoms with Crippen LogP contribution in [0.1, 0.15) is 5.56 Å². The van der Waals surface area contributed by atoms with E-state index in [0.29, 0.717) is 11.3 Å². The number of nitrogens with zero attached hydrogens (tertiary/aromatic N) is 4. The first-order valence-electron chi connectivity index (χ1n) is 5.98. The molecule has 0 saturated carbocycles. The van der Waals surface area contributed by atoms with Gasteiger partial charge >= 0.3 is 6.09 Å². The van der Waals surface area contributed by atoms with Crippen molar-refractivity contribution in [3.05, 3.63) is 40.3 Å². The molecule has 0 bridgehead atoms. The van der Waals surface area contributed by atoms with Crippen LogP contribution in [0.15, 0.2) is 34.4 Å². The highest BCUT2D eigenvalue weighted by Gasteiger charge is 2.36. The molecule has 21 heavy (non-hydrogen) atoms. The van der Waals surface area contributed by atoms with Crippen LogP contribution in [0.25, 0.3) is 10.4 Å². The Kier molecular flexibility index (Phi) is 4.36. The SMILES string of the molecule is [N-]=[N+]=Nc1cccc(C2(CF)COCC(NC(=O)O)=N2)c1. The van der Waals surface area contributed by atoms with Gasteiger partial charge in [0.2, 0.25) is 0 Å². The number of hydrogen-bond donors (Lipinski definition) is 2. The van der Waals surface area contributed by atoms with Gasteiger partial charge in [0.25, 0.3) is 0 Å². The fourth-order valence-electron chi connectivity index (χ4n) is 2.03. The Morgan fingerprint density at radius 2 is 2.48 bits per heavy atom. The Hall–Kier alpha value is -2.64. The number of aliphatic imine (C=N–C) groups is 1. The number of hydrogen-bond acceptors (Lipinski definition) is 4. The number of carboxylic acid groups (broad SMARTS) is 1. The second kappa shape index (κ2) is 6.21. The number of carbonyl (C=O) groups is 1. The van der Waals surface area contributed by atoms with E-state index in [1.807, 2.05) is 0 Å². The third kappa shape index (κ3) is 3.28. The van der Waals surface area contributed by atoms with Crippen LogP contribution in [-0.2, 0) is 10.3 Å². The molecule has 9 heteroatoms. The molecule has 1 atom stereocenters. The van der Waals surface area contributed by atoms with Crippen LogP contribution in [0, 0.1) is 0 Å². The minimum atomic E-state index is -1.35. The van der Waals surface area contributed by atoms with E-state index in [-0.39, 0.29) is 19.0 Å². The summed E-state index contributed by atoms with van der Waals surface area (Å²) in [4.78, 5) is 17.4. The summed E-state index contributed by atoms with van der Waals surface area (Å²) in [7, 11) is 0. The van der Waals surface area contributed by atoms with E-state index in [4.69, 9.17) is 15.4 Å². The van der Waals surface area contributed by atoms with E-state index in [9.17, 15) is 9.18 Å². The van der Waals surface area contributed by atoms with Gasteiger partial charge in [-0.1, -0.05) is 23.3 Å². The fraction of sp³-hybridized carbons (Fsp3) is 0.333. The van der Waals surface area contributed by atoms with Crippen molar-refractivity contribution in [1.82, 2.24) is 5.32 Å². The number of benzene rings is 1. The highest BCUT2D eigenvalue weighted by molar-refractivity contribution is 5.96. The number of rotatable bonds is 3. The third-order valence-electron chi connectivity index (χ3n) is 2.94. The molecule has 0 spiro atoms. The predicted octanol–water partition coefficient (Wildman–Crippen LogP) is 2.49. The molecule has 0 saturated heterocycles. The Balaban J connectivity index is 2.43. The van der Waals surface area contributed by atoms with Gasteiger partial charge < -0.3 is 9.84 Å². The molecule has 1 heterocycles. The molecule has 1 aliphatic rings. The molecule has 1 unspecified atom stereocenters. The van der Waals surface area contributed by atoms with Gasteiger partial charge in [-0.05, 0) is 17.2 Å². The van der Waals surface area contributed by atoms with Gasteiger partial charge in [0.1, 0.15) is 24.7 Å². The summed E-state index contributed by atoms with van der Waals surface area (Å²) in [5, 5.41) is 14.2. The normalized spacial score (nSPS) is 21.1. The van der Waals surface area contributed by atoms with Gasteiger partial charge in [0.15, 0.2) is 0 Å². The Labute approximate surface area is 118 Å². The fourth-order valence-corrected chi connectivity index (χ4v) is 2.03. The Morgan fingerprint density at radius 3 is 3.14 bits per heavy atom. The third-order valence-corrected chi connectivity index (χ3v) is 2.94. The van der Waals surface area contributed by atoms with Crippen molar-refractivity contribution in [2.24, 2.45) is 10.1 Å². The number of azide groups is 1. The number of halogens is 1. The van der Waals surface area contributed by atoms with Gasteiger partial charge in [-0.2, -0.15) is 0 Å². The van der Waals surface area contributed by atoms with Crippen LogP contribution in [0.4, 0.5) is 14.9 Å². The summed E-state index contributed by atoms with van der Waals surface area (Å²) in [6.07, 6.45) is -1.30. The zero-order valence-electron chi connectivity index (χ0n) is 10.9. The summed E-state index contributed by atoms with van der Waals surface area (Å²) in [6, 6.07) is 6.28. The summed E-state index contributed by atoms with van der Waals surface area (Å²) >= 11 is 0. The van der Waals surface area contributed by atoms with Crippen molar-refractivity contribution in [3.8, 4) is 0 Å². The van der Waals surface area contributed by atoms with Crippen LogP contribution in [-0.4, -0.2) is 36.9 Å². The minimum Gasteiger partial charge on any atom is -0.465 e. The van der Waals surface area contributed by atoms with Crippen LogP contribution in [0.5, 0.6) is 0 Å². The number of ether oxygens (including phenoxy) is 1. The highest BCUT2D eigenvalue weighted by atomic mass is 19.1. The quantitative estimate of drug-likeness (QED) is 0.506. The van der Waals surface area contributed by atoms with Crippen LogP contribution >= 0.6 is 0 Å². The Bertz CT molecular complexity index is 629. The lowest BCUT2D eigenvalue weighted by Crippen LogP contribution is -2.44. The molecule has 0 fully saturated rings. The Morgan fingerprint density at radius 1 is 1.67 bits per heavy atom. The maximum Gasteiger partial charge on any atom is 0.410 e. The average molecular weight is 293 g/mol. The average Bonchev–Trinajstić information content (AvgIpc) is 2.47. The molecule has 1 aliphatic heterocycles. The van der Waals surface area contributed by atoms with Crippen LogP contribution < -0.4 is 5.32 Å². The smallest absolute Gasteiger partial charge is 0.410 e. The molecule has 1 aromatic carbocycles. The minimum absolute atomic E-state index is 0.0283. The van der Waals surface area contributed by atoms with E-state index < -0.39 is 18.3 Å². The largest absolute Gasteiger partial charge is 0.465 e. The lowest BCUT2D eigenvalue weighted by Gasteiger charge is -2.32. The van der Waals surface area contributed by atoms with Gasteiger partial charge in [0.05, 0.1) is 6.61 Å². The van der Waals surface area contributed by atoms with Gasteiger partial charge in [-0.25, -0.2) is 9.18 Å². The number of nitrogens with one attached hydrogen (secondary N) is 1. The number of amidine groups is 1. The lowest BCUT2D eigenvalue weighted by atomic mass is 9.91. The van der Waals surface area contributed by atoms with Crippen molar-refractivity contribution in [1.29, 1.82) is 0 Å². The highest BCUT2D eigenvalue weighted by Crippen LogP contribution is 2.32. The summed E-state index contributed by atoms with van der Waals surface area (Å²) < 4.78 is 18.8. The molecule has 2 N–H and O–H groups in total. The molecule has 1 amide bonds. The molecule has 0 aromatic heterocycles. The maximum absolute atomic E-state index is 13.6. The van der Waals surface area contributed by atoms with Gasteiger partial charge in [-0.15, -0.1) is 0 Å². The van der Waals surface area contributed by atoms with E-state index >= 15 is 0 Å². The molecule has 1 aromatic rings. The molecule has 8 nitrogen and oxygen atoms in total. The van der Waals surface area contributed by atoms with Crippen LogP contribution in [0.3, 0.4) is 0 Å². The van der Waals surface area contributed by atoms with Crippen LogP contribution in [0.2, 0.25) is 0 Å². The summed E-state index contributed by atoms with van der Waals surface area (Å²) in [5.41, 5.74) is 7.85. The zero-order chi connectivity index (χ0) is 15.3.